The van der Waals surface area contributed by atoms with E-state index < -0.39 is 0 Å². The molecule has 2 nitrogen and oxygen atoms in total. The lowest BCUT2D eigenvalue weighted by Gasteiger charge is -2.09. The minimum atomic E-state index is 0.740. The van der Waals surface area contributed by atoms with Gasteiger partial charge in [0.15, 0.2) is 0 Å². The van der Waals surface area contributed by atoms with E-state index in [-0.39, 0.29) is 0 Å². The summed E-state index contributed by atoms with van der Waals surface area (Å²) in [5.41, 5.74) is 1.15. The van der Waals surface area contributed by atoms with Gasteiger partial charge in [0.25, 0.3) is 0 Å². The van der Waals surface area contributed by atoms with Gasteiger partial charge in [0.1, 0.15) is 5.75 Å². The van der Waals surface area contributed by atoms with Crippen molar-refractivity contribution in [1.29, 1.82) is 0 Å². The molecular formula is C15H22ClNO. The maximum Gasteiger partial charge on any atom is 0.123 e. The molecule has 0 aliphatic heterocycles. The zero-order valence-electron chi connectivity index (χ0n) is 11.0. The van der Waals surface area contributed by atoms with Crippen molar-refractivity contribution in [3.8, 4) is 5.75 Å². The Morgan fingerprint density at radius 1 is 1.28 bits per heavy atom. The first-order chi connectivity index (χ1) is 8.75. The number of hydrogen-bond acceptors (Lipinski definition) is 2. The van der Waals surface area contributed by atoms with Gasteiger partial charge >= 0.3 is 0 Å². The molecule has 0 unspecified atom stereocenters. The van der Waals surface area contributed by atoms with Gasteiger partial charge < -0.3 is 10.1 Å². The first-order valence-electron chi connectivity index (χ1n) is 6.88. The molecule has 2 rings (SSSR count). The van der Waals surface area contributed by atoms with Crippen molar-refractivity contribution in [3.63, 3.8) is 0 Å². The van der Waals surface area contributed by atoms with Crippen LogP contribution in [-0.2, 0) is 0 Å². The van der Waals surface area contributed by atoms with E-state index in [0.717, 1.165) is 41.9 Å². The number of hydrogen-bond donors (Lipinski definition) is 1. The Morgan fingerprint density at radius 3 is 2.89 bits per heavy atom. The van der Waals surface area contributed by atoms with Gasteiger partial charge in [0.05, 0.1) is 6.61 Å². The largest absolute Gasteiger partial charge is 0.493 e. The SMILES string of the molecule is Cc1ccc(Cl)cc1OCCCCCNC1CC1. The maximum atomic E-state index is 5.95. The highest BCUT2D eigenvalue weighted by atomic mass is 35.5. The lowest BCUT2D eigenvalue weighted by molar-refractivity contribution is 0.303. The number of ether oxygens (including phenoxy) is 1. The second kappa shape index (κ2) is 7.01. The van der Waals surface area contributed by atoms with Crippen LogP contribution < -0.4 is 10.1 Å². The molecule has 0 heterocycles. The van der Waals surface area contributed by atoms with Crippen LogP contribution >= 0.6 is 11.6 Å². The Balaban J connectivity index is 1.55. The van der Waals surface area contributed by atoms with Crippen LogP contribution in [0, 0.1) is 6.92 Å². The highest BCUT2D eigenvalue weighted by Gasteiger charge is 2.19. The second-order valence-corrected chi connectivity index (χ2v) is 5.48. The molecule has 1 aromatic rings. The molecule has 1 aliphatic rings. The van der Waals surface area contributed by atoms with Crippen LogP contribution in [0.25, 0.3) is 0 Å². The summed E-state index contributed by atoms with van der Waals surface area (Å²) in [6, 6.07) is 6.62. The van der Waals surface area contributed by atoms with Crippen LogP contribution in [-0.4, -0.2) is 19.2 Å². The number of nitrogens with one attached hydrogen (secondary N) is 1. The van der Waals surface area contributed by atoms with Gasteiger partial charge in [-0.2, -0.15) is 0 Å². The van der Waals surface area contributed by atoms with Crippen molar-refractivity contribution < 1.29 is 4.74 Å². The zero-order valence-corrected chi connectivity index (χ0v) is 11.8. The Kier molecular flexibility index (Phi) is 5.33. The Morgan fingerprint density at radius 2 is 2.11 bits per heavy atom. The van der Waals surface area contributed by atoms with E-state index in [1.165, 1.54) is 25.7 Å². The van der Waals surface area contributed by atoms with E-state index in [1.807, 2.05) is 25.1 Å². The lowest BCUT2D eigenvalue weighted by atomic mass is 10.2. The van der Waals surface area contributed by atoms with Gasteiger partial charge in [-0.05, 0) is 63.3 Å². The zero-order chi connectivity index (χ0) is 12.8. The van der Waals surface area contributed by atoms with Gasteiger partial charge in [-0.25, -0.2) is 0 Å². The van der Waals surface area contributed by atoms with Crippen LogP contribution in [0.4, 0.5) is 0 Å². The van der Waals surface area contributed by atoms with Crippen molar-refractivity contribution in [3.05, 3.63) is 28.8 Å². The molecule has 0 radical (unpaired) electrons. The van der Waals surface area contributed by atoms with E-state index in [1.54, 1.807) is 0 Å². The summed E-state index contributed by atoms with van der Waals surface area (Å²) in [4.78, 5) is 0. The van der Waals surface area contributed by atoms with Crippen LogP contribution in [0.15, 0.2) is 18.2 Å². The fourth-order valence-corrected chi connectivity index (χ4v) is 2.07. The van der Waals surface area contributed by atoms with Crippen molar-refractivity contribution in [2.45, 2.75) is 45.1 Å². The standard InChI is InChI=1S/C15H22ClNO/c1-12-5-6-13(16)11-15(12)18-10-4-2-3-9-17-14-7-8-14/h5-6,11,14,17H,2-4,7-10H2,1H3. The first-order valence-corrected chi connectivity index (χ1v) is 7.26. The molecule has 1 aromatic carbocycles. The van der Waals surface area contributed by atoms with Crippen LogP contribution in [0.2, 0.25) is 5.02 Å². The summed E-state index contributed by atoms with van der Waals surface area (Å²) in [6.45, 7) is 3.98. The van der Waals surface area contributed by atoms with E-state index in [9.17, 15) is 0 Å². The summed E-state index contributed by atoms with van der Waals surface area (Å²) >= 11 is 5.95. The smallest absolute Gasteiger partial charge is 0.123 e. The van der Waals surface area contributed by atoms with Gasteiger partial charge in [0.2, 0.25) is 0 Å². The Labute approximate surface area is 115 Å². The number of unbranched alkanes of at least 4 members (excludes halogenated alkanes) is 2. The predicted molar refractivity (Wildman–Crippen MR) is 76.6 cm³/mol. The number of benzene rings is 1. The lowest BCUT2D eigenvalue weighted by Crippen LogP contribution is -2.17. The molecule has 1 fully saturated rings. The Hall–Kier alpha value is -0.730. The predicted octanol–water partition coefficient (Wildman–Crippen LogP) is 3.95. The molecule has 100 valence electrons. The average molecular weight is 268 g/mol. The summed E-state index contributed by atoms with van der Waals surface area (Å²) < 4.78 is 5.75. The highest BCUT2D eigenvalue weighted by Crippen LogP contribution is 2.22. The monoisotopic (exact) mass is 267 g/mol. The van der Waals surface area contributed by atoms with Crippen LogP contribution in [0.5, 0.6) is 5.75 Å². The summed E-state index contributed by atoms with van der Waals surface area (Å²) in [5.74, 6) is 0.915. The maximum absolute atomic E-state index is 5.95. The third-order valence-corrected chi connectivity index (χ3v) is 3.47. The molecular weight excluding hydrogens is 246 g/mol. The van der Waals surface area contributed by atoms with E-state index in [2.05, 4.69) is 5.32 Å². The van der Waals surface area contributed by atoms with E-state index in [0.29, 0.717) is 0 Å². The van der Waals surface area contributed by atoms with Crippen molar-refractivity contribution in [1.82, 2.24) is 5.32 Å². The van der Waals surface area contributed by atoms with Crippen LogP contribution in [0.1, 0.15) is 37.7 Å². The molecule has 0 saturated heterocycles. The quantitative estimate of drug-likeness (QED) is 0.720. The van der Waals surface area contributed by atoms with Crippen molar-refractivity contribution in [2.24, 2.45) is 0 Å². The minimum Gasteiger partial charge on any atom is -0.493 e. The Bertz CT molecular complexity index is 377. The van der Waals surface area contributed by atoms with Crippen LogP contribution in [0.3, 0.4) is 0 Å². The van der Waals surface area contributed by atoms with Gasteiger partial charge in [-0.1, -0.05) is 17.7 Å². The molecule has 1 N–H and O–H groups in total. The van der Waals surface area contributed by atoms with E-state index in [4.69, 9.17) is 16.3 Å². The molecule has 18 heavy (non-hydrogen) atoms. The summed E-state index contributed by atoms with van der Waals surface area (Å²) in [6.07, 6.45) is 6.32. The molecule has 1 saturated carbocycles. The summed E-state index contributed by atoms with van der Waals surface area (Å²) in [7, 11) is 0. The van der Waals surface area contributed by atoms with Gasteiger partial charge in [-0.3, -0.25) is 0 Å². The normalized spacial score (nSPS) is 14.8. The van der Waals surface area contributed by atoms with Crippen molar-refractivity contribution in [2.75, 3.05) is 13.2 Å². The topological polar surface area (TPSA) is 21.3 Å². The molecule has 0 amide bonds. The van der Waals surface area contributed by atoms with Gasteiger partial charge in [-0.15, -0.1) is 0 Å². The minimum absolute atomic E-state index is 0.740. The number of aryl methyl sites for hydroxylation is 1. The molecule has 0 atom stereocenters. The molecule has 0 aromatic heterocycles. The van der Waals surface area contributed by atoms with E-state index >= 15 is 0 Å². The molecule has 3 heteroatoms. The molecule has 0 bridgehead atoms. The number of halogens is 1. The average Bonchev–Trinajstić information content (AvgIpc) is 3.16. The number of rotatable bonds is 8. The second-order valence-electron chi connectivity index (χ2n) is 5.05. The van der Waals surface area contributed by atoms with Crippen molar-refractivity contribution >= 4 is 11.6 Å². The first kappa shape index (κ1) is 13.7. The third-order valence-electron chi connectivity index (χ3n) is 3.24. The summed E-state index contributed by atoms with van der Waals surface area (Å²) in [5, 5.41) is 4.26. The fraction of sp³-hybridized carbons (Fsp3) is 0.600. The highest BCUT2D eigenvalue weighted by molar-refractivity contribution is 6.30. The third kappa shape index (κ3) is 4.87. The fourth-order valence-electron chi connectivity index (χ4n) is 1.91. The molecule has 0 spiro atoms. The van der Waals surface area contributed by atoms with Gasteiger partial charge in [0, 0.05) is 11.1 Å². The molecule has 1 aliphatic carbocycles.